The molecule has 11 heavy (non-hydrogen) atoms. The van der Waals surface area contributed by atoms with Gasteiger partial charge in [0.15, 0.2) is 5.58 Å². The van der Waals surface area contributed by atoms with Gasteiger partial charge in [0.2, 0.25) is 0 Å². The lowest BCUT2D eigenvalue weighted by atomic mass is 10.2. The standard InChI is InChI=1S/C8H5NO2/c10-5-6-1-2-8-7(3-6)4-9-11-8/h1-5H. The van der Waals surface area contributed by atoms with E-state index in [0.717, 1.165) is 11.7 Å². The van der Waals surface area contributed by atoms with Crippen molar-refractivity contribution in [3.05, 3.63) is 30.0 Å². The van der Waals surface area contributed by atoms with Gasteiger partial charge in [-0.25, -0.2) is 0 Å². The minimum Gasteiger partial charge on any atom is -0.356 e. The van der Waals surface area contributed by atoms with Gasteiger partial charge in [-0.1, -0.05) is 5.16 Å². The van der Waals surface area contributed by atoms with Crippen molar-refractivity contribution in [2.75, 3.05) is 0 Å². The Balaban J connectivity index is 2.76. The fourth-order valence-electron chi connectivity index (χ4n) is 0.964. The van der Waals surface area contributed by atoms with Gasteiger partial charge in [-0.2, -0.15) is 0 Å². The van der Waals surface area contributed by atoms with Gasteiger partial charge in [0.1, 0.15) is 6.29 Å². The monoisotopic (exact) mass is 147 g/mol. The van der Waals surface area contributed by atoms with Crippen LogP contribution in [-0.4, -0.2) is 11.4 Å². The fraction of sp³-hybridized carbons (Fsp3) is 0. The molecule has 3 nitrogen and oxygen atoms in total. The highest BCUT2D eigenvalue weighted by Crippen LogP contribution is 2.13. The van der Waals surface area contributed by atoms with Crippen molar-refractivity contribution in [3.63, 3.8) is 0 Å². The summed E-state index contributed by atoms with van der Waals surface area (Å²) >= 11 is 0. The Morgan fingerprint density at radius 2 is 2.36 bits per heavy atom. The normalized spacial score (nSPS) is 10.2. The average Bonchev–Trinajstić information content (AvgIpc) is 2.50. The van der Waals surface area contributed by atoms with E-state index in [9.17, 15) is 4.79 Å². The molecule has 0 aliphatic carbocycles. The number of benzene rings is 1. The first-order chi connectivity index (χ1) is 5.40. The average molecular weight is 147 g/mol. The molecule has 0 aliphatic heterocycles. The quantitative estimate of drug-likeness (QED) is 0.576. The van der Waals surface area contributed by atoms with Crippen molar-refractivity contribution < 1.29 is 9.32 Å². The summed E-state index contributed by atoms with van der Waals surface area (Å²) < 4.78 is 4.85. The summed E-state index contributed by atoms with van der Waals surface area (Å²) in [5, 5.41) is 4.44. The van der Waals surface area contributed by atoms with Gasteiger partial charge in [-0.15, -0.1) is 0 Å². The van der Waals surface area contributed by atoms with Crippen LogP contribution in [0.2, 0.25) is 0 Å². The lowest BCUT2D eigenvalue weighted by Crippen LogP contribution is -1.75. The zero-order valence-corrected chi connectivity index (χ0v) is 5.65. The highest BCUT2D eigenvalue weighted by molar-refractivity contribution is 5.85. The van der Waals surface area contributed by atoms with Crippen LogP contribution in [0.5, 0.6) is 0 Å². The van der Waals surface area contributed by atoms with Crippen LogP contribution in [0.4, 0.5) is 0 Å². The molecule has 3 heteroatoms. The van der Waals surface area contributed by atoms with E-state index < -0.39 is 0 Å². The number of aldehydes is 1. The predicted octanol–water partition coefficient (Wildman–Crippen LogP) is 1.64. The Morgan fingerprint density at radius 1 is 1.45 bits per heavy atom. The van der Waals surface area contributed by atoms with Crippen LogP contribution in [0.1, 0.15) is 10.4 Å². The van der Waals surface area contributed by atoms with Crippen molar-refractivity contribution in [1.29, 1.82) is 0 Å². The van der Waals surface area contributed by atoms with Crippen LogP contribution < -0.4 is 0 Å². The lowest BCUT2D eigenvalue weighted by molar-refractivity contribution is 0.112. The molecule has 54 valence electrons. The van der Waals surface area contributed by atoms with E-state index in [-0.39, 0.29) is 0 Å². The predicted molar refractivity (Wildman–Crippen MR) is 39.4 cm³/mol. The first-order valence-corrected chi connectivity index (χ1v) is 3.20. The molecule has 0 fully saturated rings. The van der Waals surface area contributed by atoms with Crippen molar-refractivity contribution >= 4 is 17.3 Å². The van der Waals surface area contributed by atoms with Crippen molar-refractivity contribution in [2.24, 2.45) is 0 Å². The second kappa shape index (κ2) is 2.20. The van der Waals surface area contributed by atoms with Gasteiger partial charge in [-0.3, -0.25) is 4.79 Å². The van der Waals surface area contributed by atoms with Crippen LogP contribution in [0.15, 0.2) is 28.9 Å². The summed E-state index contributed by atoms with van der Waals surface area (Å²) in [5.74, 6) is 0. The van der Waals surface area contributed by atoms with Gasteiger partial charge in [-0.05, 0) is 18.2 Å². The molecule has 0 spiro atoms. The second-order valence-corrected chi connectivity index (χ2v) is 2.24. The maximum atomic E-state index is 10.3. The molecular weight excluding hydrogens is 142 g/mol. The molecule has 2 rings (SSSR count). The number of carbonyl (C=O) groups excluding carboxylic acids is 1. The van der Waals surface area contributed by atoms with Crippen molar-refractivity contribution in [2.45, 2.75) is 0 Å². The largest absolute Gasteiger partial charge is 0.356 e. The van der Waals surface area contributed by atoms with Gasteiger partial charge in [0, 0.05) is 10.9 Å². The van der Waals surface area contributed by atoms with Crippen LogP contribution in [0.3, 0.4) is 0 Å². The van der Waals surface area contributed by atoms with E-state index in [4.69, 9.17) is 4.52 Å². The van der Waals surface area contributed by atoms with E-state index in [2.05, 4.69) is 5.16 Å². The molecule has 1 heterocycles. The van der Waals surface area contributed by atoms with Gasteiger partial charge >= 0.3 is 0 Å². The Bertz CT molecular complexity index is 392. The summed E-state index contributed by atoms with van der Waals surface area (Å²) in [6.45, 7) is 0. The van der Waals surface area contributed by atoms with Gasteiger partial charge < -0.3 is 4.52 Å². The molecule has 1 aromatic carbocycles. The van der Waals surface area contributed by atoms with Crippen LogP contribution in [0, 0.1) is 0 Å². The van der Waals surface area contributed by atoms with Crippen LogP contribution in [0.25, 0.3) is 11.0 Å². The summed E-state index contributed by atoms with van der Waals surface area (Å²) in [4.78, 5) is 10.3. The maximum absolute atomic E-state index is 10.3. The highest BCUT2D eigenvalue weighted by Gasteiger charge is 1.97. The zero-order chi connectivity index (χ0) is 7.68. The lowest BCUT2D eigenvalue weighted by Gasteiger charge is -1.86. The highest BCUT2D eigenvalue weighted by atomic mass is 16.5. The third-order valence-corrected chi connectivity index (χ3v) is 1.51. The smallest absolute Gasteiger partial charge is 0.166 e. The molecule has 0 saturated heterocycles. The third-order valence-electron chi connectivity index (χ3n) is 1.51. The molecule has 0 N–H and O–H groups in total. The molecule has 2 aromatic rings. The number of hydrogen-bond donors (Lipinski definition) is 0. The van der Waals surface area contributed by atoms with Gasteiger partial charge in [0.05, 0.1) is 6.20 Å². The van der Waals surface area contributed by atoms with E-state index >= 15 is 0 Å². The van der Waals surface area contributed by atoms with E-state index in [1.165, 1.54) is 0 Å². The summed E-state index contributed by atoms with van der Waals surface area (Å²) in [6, 6.07) is 5.16. The summed E-state index contributed by atoms with van der Waals surface area (Å²) in [6.07, 6.45) is 2.38. The van der Waals surface area contributed by atoms with Crippen molar-refractivity contribution in [1.82, 2.24) is 5.16 Å². The van der Waals surface area contributed by atoms with E-state index in [1.807, 2.05) is 0 Å². The topological polar surface area (TPSA) is 43.1 Å². The van der Waals surface area contributed by atoms with Crippen LogP contribution in [-0.2, 0) is 0 Å². The number of aromatic nitrogens is 1. The molecule has 0 amide bonds. The summed E-state index contributed by atoms with van der Waals surface area (Å²) in [5.41, 5.74) is 1.34. The molecule has 0 radical (unpaired) electrons. The number of nitrogens with zero attached hydrogens (tertiary/aromatic N) is 1. The molecule has 0 atom stereocenters. The Kier molecular flexibility index (Phi) is 1.22. The Labute approximate surface area is 62.6 Å². The first-order valence-electron chi connectivity index (χ1n) is 3.20. The van der Waals surface area contributed by atoms with Gasteiger partial charge in [0.25, 0.3) is 0 Å². The molecule has 0 aliphatic rings. The number of rotatable bonds is 1. The molecule has 1 aromatic heterocycles. The second-order valence-electron chi connectivity index (χ2n) is 2.24. The van der Waals surface area contributed by atoms with E-state index in [0.29, 0.717) is 11.1 Å². The SMILES string of the molecule is O=Cc1ccc2oncc2c1. The number of carbonyl (C=O) groups is 1. The molecule has 0 saturated carbocycles. The molecule has 0 bridgehead atoms. The number of fused-ring (bicyclic) bond motifs is 1. The molecular formula is C8H5NO2. The summed E-state index contributed by atoms with van der Waals surface area (Å²) in [7, 11) is 0. The maximum Gasteiger partial charge on any atom is 0.166 e. The minimum atomic E-state index is 0.640. The van der Waals surface area contributed by atoms with E-state index in [1.54, 1.807) is 24.4 Å². The Hall–Kier alpha value is -1.64. The van der Waals surface area contributed by atoms with Crippen molar-refractivity contribution in [3.8, 4) is 0 Å². The zero-order valence-electron chi connectivity index (χ0n) is 5.65. The van der Waals surface area contributed by atoms with Crippen LogP contribution >= 0.6 is 0 Å². The molecule has 0 unspecified atom stereocenters. The third kappa shape index (κ3) is 0.902. The Morgan fingerprint density at radius 3 is 3.18 bits per heavy atom. The minimum absolute atomic E-state index is 0.640. The number of hydrogen-bond acceptors (Lipinski definition) is 3. The fourth-order valence-corrected chi connectivity index (χ4v) is 0.964. The first kappa shape index (κ1) is 6.09.